The van der Waals surface area contributed by atoms with Gasteiger partial charge in [0.25, 0.3) is 0 Å². The molecule has 0 aliphatic carbocycles. The summed E-state index contributed by atoms with van der Waals surface area (Å²) in [5.41, 5.74) is 4.56. The number of fused-ring (bicyclic) bond motifs is 1. The fraction of sp³-hybridized carbons (Fsp3) is 0.0870. The zero-order valence-electron chi connectivity index (χ0n) is 16.1. The number of nitrogens with one attached hydrogen (secondary N) is 2. The van der Waals surface area contributed by atoms with E-state index < -0.39 is 5.82 Å². The van der Waals surface area contributed by atoms with Crippen molar-refractivity contribution in [1.29, 1.82) is 0 Å². The second-order valence-electron chi connectivity index (χ2n) is 6.51. The van der Waals surface area contributed by atoms with Crippen LogP contribution in [0.2, 0.25) is 0 Å². The van der Waals surface area contributed by atoms with Crippen LogP contribution in [-0.2, 0) is 4.79 Å². The van der Waals surface area contributed by atoms with Crippen LogP contribution in [0.5, 0.6) is 5.75 Å². The fourth-order valence-corrected chi connectivity index (χ4v) is 3.25. The molecule has 0 radical (unpaired) electrons. The van der Waals surface area contributed by atoms with Crippen LogP contribution in [0.3, 0.4) is 0 Å². The van der Waals surface area contributed by atoms with Crippen molar-refractivity contribution in [2.75, 3.05) is 13.2 Å². The molecule has 2 N–H and O–H groups in total. The maximum absolute atomic E-state index is 13.8. The molecule has 30 heavy (non-hydrogen) atoms. The first-order chi connectivity index (χ1) is 14.7. The topological polar surface area (TPSA) is 79.9 Å². The van der Waals surface area contributed by atoms with Gasteiger partial charge in [-0.15, -0.1) is 0 Å². The molecule has 0 unspecified atom stereocenters. The normalized spacial score (nSPS) is 10.7. The monoisotopic (exact) mass is 402 g/mol. The Morgan fingerprint density at radius 3 is 2.87 bits per heavy atom. The van der Waals surface area contributed by atoms with Gasteiger partial charge in [0.1, 0.15) is 18.2 Å². The van der Waals surface area contributed by atoms with E-state index in [9.17, 15) is 9.18 Å². The Labute approximate surface area is 172 Å². The summed E-state index contributed by atoms with van der Waals surface area (Å²) >= 11 is 0. The molecule has 3 heterocycles. The molecule has 0 aliphatic rings. The molecule has 6 nitrogen and oxygen atoms in total. The van der Waals surface area contributed by atoms with E-state index in [2.05, 4.69) is 26.8 Å². The van der Waals surface area contributed by atoms with E-state index in [1.165, 1.54) is 18.3 Å². The average Bonchev–Trinajstić information content (AvgIpc) is 3.15. The average molecular weight is 402 g/mol. The Hall–Kier alpha value is -4.00. The van der Waals surface area contributed by atoms with Crippen LogP contribution in [0.25, 0.3) is 33.4 Å². The van der Waals surface area contributed by atoms with Gasteiger partial charge in [-0.2, -0.15) is 0 Å². The lowest BCUT2D eigenvalue weighted by molar-refractivity contribution is -0.116. The van der Waals surface area contributed by atoms with E-state index in [1.54, 1.807) is 12.4 Å². The number of nitrogens with zero attached hydrogens (tertiary/aromatic N) is 2. The number of hydrogen-bond acceptors (Lipinski definition) is 4. The Kier molecular flexibility index (Phi) is 5.52. The van der Waals surface area contributed by atoms with Crippen molar-refractivity contribution in [3.8, 4) is 28.1 Å². The van der Waals surface area contributed by atoms with Gasteiger partial charge in [-0.1, -0.05) is 36.9 Å². The molecule has 7 heteroatoms. The number of hydrogen-bond donors (Lipinski definition) is 2. The predicted molar refractivity (Wildman–Crippen MR) is 113 cm³/mol. The molecule has 4 rings (SSSR count). The van der Waals surface area contributed by atoms with Crippen molar-refractivity contribution < 1.29 is 13.9 Å². The van der Waals surface area contributed by atoms with Crippen LogP contribution in [0.1, 0.15) is 0 Å². The number of ether oxygens (including phenoxy) is 1. The first-order valence-corrected chi connectivity index (χ1v) is 9.37. The zero-order chi connectivity index (χ0) is 20.9. The summed E-state index contributed by atoms with van der Waals surface area (Å²) in [6, 6.07) is 13.0. The van der Waals surface area contributed by atoms with Crippen LogP contribution >= 0.6 is 0 Å². The maximum Gasteiger partial charge on any atom is 0.243 e. The number of carbonyl (C=O) groups excluding carboxylic acids is 1. The van der Waals surface area contributed by atoms with Gasteiger partial charge in [0, 0.05) is 23.4 Å². The minimum absolute atomic E-state index is 0.256. The second kappa shape index (κ2) is 8.57. The molecule has 1 aromatic carbocycles. The number of benzene rings is 1. The van der Waals surface area contributed by atoms with E-state index in [0.717, 1.165) is 22.4 Å². The minimum Gasteiger partial charge on any atom is -0.489 e. The van der Waals surface area contributed by atoms with Gasteiger partial charge in [0.05, 0.1) is 35.7 Å². The van der Waals surface area contributed by atoms with Crippen LogP contribution in [0.4, 0.5) is 4.39 Å². The molecule has 0 saturated heterocycles. The minimum atomic E-state index is -0.418. The van der Waals surface area contributed by atoms with Crippen molar-refractivity contribution in [3.63, 3.8) is 0 Å². The van der Waals surface area contributed by atoms with Crippen molar-refractivity contribution in [1.82, 2.24) is 20.3 Å². The van der Waals surface area contributed by atoms with Gasteiger partial charge in [-0.25, -0.2) is 4.39 Å². The van der Waals surface area contributed by atoms with Gasteiger partial charge in [-0.05, 0) is 17.7 Å². The van der Waals surface area contributed by atoms with Gasteiger partial charge in [-0.3, -0.25) is 14.8 Å². The van der Waals surface area contributed by atoms with E-state index in [4.69, 9.17) is 4.74 Å². The number of rotatable bonds is 7. The molecule has 0 aliphatic heterocycles. The third-order valence-electron chi connectivity index (χ3n) is 4.56. The van der Waals surface area contributed by atoms with Crippen LogP contribution in [-0.4, -0.2) is 34.0 Å². The summed E-state index contributed by atoms with van der Waals surface area (Å²) in [5, 5.41) is 2.66. The van der Waals surface area contributed by atoms with Gasteiger partial charge < -0.3 is 15.0 Å². The van der Waals surface area contributed by atoms with Crippen LogP contribution < -0.4 is 10.1 Å². The predicted octanol–water partition coefficient (Wildman–Crippen LogP) is 4.11. The second-order valence-corrected chi connectivity index (χ2v) is 6.51. The highest BCUT2D eigenvalue weighted by atomic mass is 19.1. The Bertz CT molecular complexity index is 1200. The van der Waals surface area contributed by atoms with E-state index in [1.807, 2.05) is 36.4 Å². The number of H-pyrrole nitrogens is 1. The third kappa shape index (κ3) is 3.91. The van der Waals surface area contributed by atoms with Crippen LogP contribution in [0, 0.1) is 5.82 Å². The number of halogens is 1. The lowest BCUT2D eigenvalue weighted by atomic mass is 10.0. The number of aromatic nitrogens is 3. The number of carbonyl (C=O) groups is 1. The van der Waals surface area contributed by atoms with Crippen molar-refractivity contribution in [3.05, 3.63) is 79.5 Å². The Balaban J connectivity index is 1.76. The van der Waals surface area contributed by atoms with Crippen molar-refractivity contribution >= 4 is 16.9 Å². The van der Waals surface area contributed by atoms with Crippen molar-refractivity contribution in [2.45, 2.75) is 0 Å². The summed E-state index contributed by atoms with van der Waals surface area (Å²) in [5.74, 6) is -0.145. The molecule has 1 amide bonds. The number of aromatic amines is 1. The van der Waals surface area contributed by atoms with Gasteiger partial charge in [0.15, 0.2) is 0 Å². The Morgan fingerprint density at radius 1 is 1.23 bits per heavy atom. The molecule has 150 valence electrons. The molecule has 0 spiro atoms. The summed E-state index contributed by atoms with van der Waals surface area (Å²) in [6.07, 6.45) is 5.69. The first-order valence-electron chi connectivity index (χ1n) is 9.37. The molecule has 0 atom stereocenters. The molecular weight excluding hydrogens is 383 g/mol. The highest BCUT2D eigenvalue weighted by Crippen LogP contribution is 2.40. The molecule has 0 saturated carbocycles. The highest BCUT2D eigenvalue weighted by Gasteiger charge is 2.19. The molecule has 3 aromatic heterocycles. The fourth-order valence-electron chi connectivity index (χ4n) is 3.25. The lowest BCUT2D eigenvalue weighted by Crippen LogP contribution is -2.26. The van der Waals surface area contributed by atoms with Gasteiger partial charge in [0.2, 0.25) is 5.91 Å². The maximum atomic E-state index is 13.8. The largest absolute Gasteiger partial charge is 0.489 e. The third-order valence-corrected chi connectivity index (χ3v) is 4.56. The zero-order valence-corrected chi connectivity index (χ0v) is 16.1. The number of amides is 1. The SMILES string of the molecule is C=CC(=O)NCCOc1cnccc1-c1[nH]c2cc(F)cnc2c1-c1ccccc1. The van der Waals surface area contributed by atoms with Gasteiger partial charge >= 0.3 is 0 Å². The summed E-state index contributed by atoms with van der Waals surface area (Å²) in [6.45, 7) is 4.00. The number of pyridine rings is 2. The van der Waals surface area contributed by atoms with E-state index >= 15 is 0 Å². The Morgan fingerprint density at radius 2 is 2.07 bits per heavy atom. The first kappa shape index (κ1) is 19.3. The highest BCUT2D eigenvalue weighted by molar-refractivity contribution is 6.02. The smallest absolute Gasteiger partial charge is 0.243 e. The molecule has 0 fully saturated rings. The molecule has 0 bridgehead atoms. The lowest BCUT2D eigenvalue weighted by Gasteiger charge is -2.12. The van der Waals surface area contributed by atoms with E-state index in [0.29, 0.717) is 23.3 Å². The summed E-state index contributed by atoms with van der Waals surface area (Å²) in [4.78, 5) is 23.1. The molecule has 4 aromatic rings. The molecular formula is C23H19FN4O2. The van der Waals surface area contributed by atoms with E-state index in [-0.39, 0.29) is 12.5 Å². The van der Waals surface area contributed by atoms with Crippen LogP contribution in [0.15, 0.2) is 73.7 Å². The quantitative estimate of drug-likeness (QED) is 0.360. The standard InChI is InChI=1S/C23H19FN4O2/c1-2-20(29)26-10-11-30-19-14-25-9-8-17(19)22-21(15-6-4-3-5-7-15)23-18(28-22)12-16(24)13-27-23/h2-9,12-14,28H,1,10-11H2,(H,26,29). The van der Waals surface area contributed by atoms with Crippen molar-refractivity contribution in [2.24, 2.45) is 0 Å². The summed E-state index contributed by atoms with van der Waals surface area (Å²) in [7, 11) is 0. The summed E-state index contributed by atoms with van der Waals surface area (Å²) < 4.78 is 19.7.